The van der Waals surface area contributed by atoms with Crippen LogP contribution in [0.25, 0.3) is 11.1 Å². The maximum absolute atomic E-state index is 14.4. The number of Topliss-reactive ketones (excluding diaryl/α,β-unsaturated/α-hetero) is 1. The molecule has 1 aliphatic heterocycles. The second-order valence-corrected chi connectivity index (χ2v) is 7.04. The number of ether oxygens (including phenoxy) is 2. The average molecular weight is 460 g/mol. The van der Waals surface area contributed by atoms with Crippen molar-refractivity contribution in [1.29, 1.82) is 0 Å². The van der Waals surface area contributed by atoms with Gasteiger partial charge in [0, 0.05) is 25.6 Å². The smallest absolute Gasteiger partial charge is 0.387 e. The lowest BCUT2D eigenvalue weighted by atomic mass is 10.0. The molecule has 1 saturated heterocycles. The number of carbonyl (C=O) groups excluding carboxylic acids is 1. The van der Waals surface area contributed by atoms with Gasteiger partial charge in [0.1, 0.15) is 11.4 Å². The van der Waals surface area contributed by atoms with Gasteiger partial charge >= 0.3 is 6.61 Å². The normalized spacial score (nSPS) is 13.8. The van der Waals surface area contributed by atoms with Crippen molar-refractivity contribution >= 4 is 23.4 Å². The number of nitrogens with zero attached hydrogens (tertiary/aromatic N) is 5. The number of nitrogens with one attached hydrogen (secondary N) is 1. The molecule has 33 heavy (non-hydrogen) atoms. The fourth-order valence-corrected chi connectivity index (χ4v) is 3.23. The molecular formula is C21H19F3N6O3. The molecule has 0 unspecified atom stereocenters. The Labute approximate surface area is 186 Å². The third-order valence-electron chi connectivity index (χ3n) is 4.79. The van der Waals surface area contributed by atoms with Crippen LogP contribution < -0.4 is 15.0 Å². The molecule has 1 N–H and O–H groups in total. The fraction of sp³-hybridized carbons (Fsp3) is 0.286. The van der Waals surface area contributed by atoms with Crippen LogP contribution in [0.2, 0.25) is 0 Å². The maximum Gasteiger partial charge on any atom is 0.387 e. The van der Waals surface area contributed by atoms with Crippen LogP contribution in [0, 0.1) is 5.82 Å². The summed E-state index contributed by atoms with van der Waals surface area (Å²) in [6.45, 7) is 0.569. The Balaban J connectivity index is 1.64. The first-order valence-electron chi connectivity index (χ1n) is 9.97. The second-order valence-electron chi connectivity index (χ2n) is 7.04. The first-order valence-corrected chi connectivity index (χ1v) is 9.97. The molecule has 2 aromatic heterocycles. The molecule has 3 aromatic rings. The lowest BCUT2D eigenvalue weighted by molar-refractivity contribution is -0.0498. The van der Waals surface area contributed by atoms with Crippen LogP contribution in [-0.2, 0) is 4.74 Å². The zero-order chi connectivity index (χ0) is 23.4. The summed E-state index contributed by atoms with van der Waals surface area (Å²) in [6.07, 6.45) is 1.06. The fourth-order valence-electron chi connectivity index (χ4n) is 3.23. The van der Waals surface area contributed by atoms with Crippen LogP contribution in [0.15, 0.2) is 36.5 Å². The maximum atomic E-state index is 14.4. The molecule has 1 fully saturated rings. The van der Waals surface area contributed by atoms with Gasteiger partial charge in [0.2, 0.25) is 5.95 Å². The number of alkyl halides is 2. The monoisotopic (exact) mass is 460 g/mol. The Hall–Kier alpha value is -3.80. The first kappa shape index (κ1) is 22.4. The van der Waals surface area contributed by atoms with Crippen molar-refractivity contribution in [2.75, 3.05) is 36.5 Å². The number of hydrogen-bond donors (Lipinski definition) is 1. The van der Waals surface area contributed by atoms with E-state index in [-0.39, 0.29) is 28.9 Å². The predicted molar refractivity (Wildman–Crippen MR) is 112 cm³/mol. The lowest BCUT2D eigenvalue weighted by Gasteiger charge is -2.26. The minimum absolute atomic E-state index is 0.0304. The van der Waals surface area contributed by atoms with E-state index in [4.69, 9.17) is 4.74 Å². The van der Waals surface area contributed by atoms with E-state index >= 15 is 0 Å². The number of anilines is 3. The van der Waals surface area contributed by atoms with E-state index in [2.05, 4.69) is 30.2 Å². The predicted octanol–water partition coefficient (Wildman–Crippen LogP) is 3.46. The topological polar surface area (TPSA) is 102 Å². The SMILES string of the molecule is CC(=O)c1nnc(Nc2nc(N3CCOCC3)ncc2F)cc1-c1ccc(OC(F)F)cc1. The average Bonchev–Trinajstić information content (AvgIpc) is 2.81. The van der Waals surface area contributed by atoms with E-state index in [1.165, 1.54) is 37.3 Å². The summed E-state index contributed by atoms with van der Waals surface area (Å²) in [7, 11) is 0. The Bertz CT molecular complexity index is 1140. The molecule has 0 bridgehead atoms. The van der Waals surface area contributed by atoms with Crippen molar-refractivity contribution in [3.63, 3.8) is 0 Å². The largest absolute Gasteiger partial charge is 0.435 e. The van der Waals surface area contributed by atoms with Gasteiger partial charge in [-0.05, 0) is 23.8 Å². The molecule has 4 rings (SSSR count). The highest BCUT2D eigenvalue weighted by atomic mass is 19.3. The van der Waals surface area contributed by atoms with E-state index in [1.54, 1.807) is 0 Å². The van der Waals surface area contributed by atoms with Crippen molar-refractivity contribution < 1.29 is 27.4 Å². The molecule has 0 radical (unpaired) electrons. The summed E-state index contributed by atoms with van der Waals surface area (Å²) in [5.74, 6) is -0.710. The van der Waals surface area contributed by atoms with Gasteiger partial charge in [-0.2, -0.15) is 13.8 Å². The number of halogens is 3. The van der Waals surface area contributed by atoms with E-state index in [0.29, 0.717) is 43.4 Å². The van der Waals surface area contributed by atoms with Crippen molar-refractivity contribution in [3.05, 3.63) is 48.0 Å². The number of carbonyl (C=O) groups is 1. The van der Waals surface area contributed by atoms with Crippen molar-refractivity contribution in [3.8, 4) is 16.9 Å². The number of ketones is 1. The molecule has 0 spiro atoms. The zero-order valence-electron chi connectivity index (χ0n) is 17.5. The van der Waals surface area contributed by atoms with Gasteiger partial charge in [-0.3, -0.25) is 4.79 Å². The summed E-state index contributed by atoms with van der Waals surface area (Å²) < 4.78 is 48.9. The molecule has 12 heteroatoms. The molecule has 9 nitrogen and oxygen atoms in total. The summed E-state index contributed by atoms with van der Waals surface area (Å²) in [6, 6.07) is 7.21. The third kappa shape index (κ3) is 5.34. The summed E-state index contributed by atoms with van der Waals surface area (Å²) in [4.78, 5) is 22.2. The van der Waals surface area contributed by atoms with Crippen LogP contribution in [0.1, 0.15) is 17.4 Å². The molecule has 0 aliphatic carbocycles. The molecule has 3 heterocycles. The summed E-state index contributed by atoms with van der Waals surface area (Å²) in [5.41, 5.74) is 0.962. The van der Waals surface area contributed by atoms with Gasteiger partial charge in [-0.1, -0.05) is 12.1 Å². The van der Waals surface area contributed by atoms with Crippen LogP contribution >= 0.6 is 0 Å². The molecule has 0 atom stereocenters. The molecule has 1 aromatic carbocycles. The lowest BCUT2D eigenvalue weighted by Crippen LogP contribution is -2.37. The highest BCUT2D eigenvalue weighted by Gasteiger charge is 2.18. The number of morpholine rings is 1. The van der Waals surface area contributed by atoms with Gasteiger partial charge in [0.15, 0.2) is 23.2 Å². The Kier molecular flexibility index (Phi) is 6.63. The van der Waals surface area contributed by atoms with Crippen LogP contribution in [-0.4, -0.2) is 58.9 Å². The summed E-state index contributed by atoms with van der Waals surface area (Å²) in [5, 5.41) is 10.7. The van der Waals surface area contributed by atoms with Crippen LogP contribution in [0.4, 0.5) is 30.8 Å². The van der Waals surface area contributed by atoms with Crippen LogP contribution in [0.5, 0.6) is 5.75 Å². The quantitative estimate of drug-likeness (QED) is 0.531. The number of rotatable bonds is 7. The van der Waals surface area contributed by atoms with Crippen LogP contribution in [0.3, 0.4) is 0 Å². The molecule has 0 saturated carbocycles. The third-order valence-corrected chi connectivity index (χ3v) is 4.79. The van der Waals surface area contributed by atoms with E-state index in [1.807, 2.05) is 4.90 Å². The van der Waals surface area contributed by atoms with E-state index in [9.17, 15) is 18.0 Å². The minimum atomic E-state index is -2.95. The Morgan fingerprint density at radius 3 is 2.58 bits per heavy atom. The van der Waals surface area contributed by atoms with Crippen molar-refractivity contribution in [2.45, 2.75) is 13.5 Å². The number of hydrogen-bond acceptors (Lipinski definition) is 9. The molecule has 172 valence electrons. The minimum Gasteiger partial charge on any atom is -0.435 e. The van der Waals surface area contributed by atoms with E-state index < -0.39 is 12.4 Å². The van der Waals surface area contributed by atoms with Gasteiger partial charge in [0.25, 0.3) is 0 Å². The molecular weight excluding hydrogens is 441 g/mol. The Morgan fingerprint density at radius 1 is 1.18 bits per heavy atom. The van der Waals surface area contributed by atoms with Gasteiger partial charge in [-0.15, -0.1) is 10.2 Å². The summed E-state index contributed by atoms with van der Waals surface area (Å²) >= 11 is 0. The van der Waals surface area contributed by atoms with Gasteiger partial charge in [0.05, 0.1) is 19.4 Å². The Morgan fingerprint density at radius 2 is 1.91 bits per heavy atom. The van der Waals surface area contributed by atoms with Gasteiger partial charge in [-0.25, -0.2) is 9.37 Å². The zero-order valence-corrected chi connectivity index (χ0v) is 17.5. The standard InChI is InChI=1S/C21H19F3N6O3/c1-12(31)18-15(13-2-4-14(5-3-13)33-20(23)24)10-17(28-29-18)26-19-16(22)11-25-21(27-19)30-6-8-32-9-7-30/h2-5,10-11,20H,6-9H2,1H3,(H,25,26,27,28). The highest BCUT2D eigenvalue weighted by molar-refractivity contribution is 5.99. The van der Waals surface area contributed by atoms with E-state index in [0.717, 1.165) is 6.20 Å². The highest BCUT2D eigenvalue weighted by Crippen LogP contribution is 2.28. The number of aromatic nitrogens is 4. The van der Waals surface area contributed by atoms with Crippen molar-refractivity contribution in [1.82, 2.24) is 20.2 Å². The van der Waals surface area contributed by atoms with Gasteiger partial charge < -0.3 is 19.7 Å². The second kappa shape index (κ2) is 9.77. The molecule has 1 aliphatic rings. The molecule has 0 amide bonds. The number of benzene rings is 1. The first-order chi connectivity index (χ1) is 15.9. The van der Waals surface area contributed by atoms with Crippen molar-refractivity contribution in [2.24, 2.45) is 0 Å².